The van der Waals surface area contributed by atoms with Crippen molar-refractivity contribution in [1.82, 2.24) is 19.5 Å². The number of hydrogen-bond donors (Lipinski definition) is 4. The quantitative estimate of drug-likeness (QED) is 0.414. The molecule has 11 heteroatoms. The van der Waals surface area contributed by atoms with E-state index in [2.05, 4.69) is 15.0 Å². The van der Waals surface area contributed by atoms with Crippen LogP contribution in [0.2, 0.25) is 0 Å². The van der Waals surface area contributed by atoms with E-state index in [1.54, 1.807) is 13.8 Å². The Labute approximate surface area is 142 Å². The molecular formula is C14H22N6O5. The van der Waals surface area contributed by atoms with Crippen LogP contribution < -0.4 is 17.0 Å². The Bertz CT molecular complexity index is 786. The predicted octanol–water partition coefficient (Wildman–Crippen LogP) is -1.44. The Hall–Kier alpha value is -2.50. The molecule has 0 aliphatic carbocycles. The van der Waals surface area contributed by atoms with Crippen LogP contribution in [0.5, 0.6) is 0 Å². The van der Waals surface area contributed by atoms with E-state index in [4.69, 9.17) is 20.9 Å². The molecule has 25 heavy (non-hydrogen) atoms. The molecule has 2 aromatic rings. The Balaban J connectivity index is 1.97. The second kappa shape index (κ2) is 8.05. The normalized spacial score (nSPS) is 14.0. The number of carbonyl (C=O) groups excluding carboxylic acids is 1. The highest BCUT2D eigenvalue weighted by molar-refractivity contribution is 5.75. The summed E-state index contributed by atoms with van der Waals surface area (Å²) in [5, 5.41) is 9.35. The van der Waals surface area contributed by atoms with Gasteiger partial charge in [0.2, 0.25) is 5.95 Å². The van der Waals surface area contributed by atoms with E-state index in [1.807, 2.05) is 0 Å². The molecule has 0 amide bonds. The fourth-order valence-corrected chi connectivity index (χ4v) is 1.95. The van der Waals surface area contributed by atoms with Crippen molar-refractivity contribution in [3.05, 3.63) is 16.7 Å². The molecule has 0 aliphatic rings. The molecule has 0 spiro atoms. The van der Waals surface area contributed by atoms with Crippen LogP contribution in [0.3, 0.4) is 0 Å². The summed E-state index contributed by atoms with van der Waals surface area (Å²) in [6, 6.07) is -0.740. The van der Waals surface area contributed by atoms with Crippen molar-refractivity contribution in [2.75, 3.05) is 18.9 Å². The Morgan fingerprint density at radius 1 is 1.48 bits per heavy atom. The van der Waals surface area contributed by atoms with Gasteiger partial charge in [0.1, 0.15) is 25.5 Å². The van der Waals surface area contributed by atoms with Crippen LogP contribution in [0.15, 0.2) is 11.1 Å². The van der Waals surface area contributed by atoms with Gasteiger partial charge in [0.25, 0.3) is 5.56 Å². The summed E-state index contributed by atoms with van der Waals surface area (Å²) in [4.78, 5) is 33.7. The summed E-state index contributed by atoms with van der Waals surface area (Å²) in [6.45, 7) is 3.02. The van der Waals surface area contributed by atoms with E-state index >= 15 is 0 Å². The average molecular weight is 354 g/mol. The van der Waals surface area contributed by atoms with Crippen LogP contribution in [0.1, 0.15) is 13.8 Å². The lowest BCUT2D eigenvalue weighted by molar-refractivity contribution is -0.153. The maximum Gasteiger partial charge on any atom is 0.323 e. The zero-order valence-corrected chi connectivity index (χ0v) is 14.0. The lowest BCUT2D eigenvalue weighted by atomic mass is 10.1. The van der Waals surface area contributed by atoms with E-state index in [0.29, 0.717) is 0 Å². The molecule has 0 aromatic carbocycles. The highest BCUT2D eigenvalue weighted by Gasteiger charge is 2.21. The van der Waals surface area contributed by atoms with Crippen LogP contribution in [0.25, 0.3) is 11.2 Å². The first-order valence-corrected chi connectivity index (χ1v) is 7.68. The molecule has 0 radical (unpaired) electrons. The standard InChI is InChI=1S/C14H22N6O5/c1-7(2)9(15)13(23)24-4-8(3-21)25-6-20-5-17-10-11(20)18-14(16)19-12(10)22/h5,7-9,21H,3-4,6,15H2,1-2H3,(H3,16,18,19,22)/t8?,9-/m1/s1. The number of aromatic nitrogens is 4. The van der Waals surface area contributed by atoms with Crippen molar-refractivity contribution < 1.29 is 19.4 Å². The molecule has 0 aliphatic heterocycles. The third-order valence-electron chi connectivity index (χ3n) is 3.55. The zero-order chi connectivity index (χ0) is 18.6. The molecule has 2 atom stereocenters. The first-order chi connectivity index (χ1) is 11.8. The van der Waals surface area contributed by atoms with Crippen molar-refractivity contribution >= 4 is 23.1 Å². The second-order valence-electron chi connectivity index (χ2n) is 5.84. The number of hydrogen-bond acceptors (Lipinski definition) is 9. The Kier molecular flexibility index (Phi) is 6.07. The van der Waals surface area contributed by atoms with Crippen LogP contribution >= 0.6 is 0 Å². The average Bonchev–Trinajstić information content (AvgIpc) is 2.97. The van der Waals surface area contributed by atoms with Crippen molar-refractivity contribution in [3.8, 4) is 0 Å². The Morgan fingerprint density at radius 3 is 2.84 bits per heavy atom. The largest absolute Gasteiger partial charge is 0.462 e. The van der Waals surface area contributed by atoms with Crippen molar-refractivity contribution in [2.24, 2.45) is 11.7 Å². The van der Waals surface area contributed by atoms with Crippen molar-refractivity contribution in [1.29, 1.82) is 0 Å². The van der Waals surface area contributed by atoms with Gasteiger partial charge in [-0.15, -0.1) is 0 Å². The maximum absolute atomic E-state index is 11.7. The number of aromatic amines is 1. The molecule has 1 unspecified atom stereocenters. The first kappa shape index (κ1) is 18.8. The number of rotatable bonds is 8. The number of H-pyrrole nitrogens is 1. The minimum absolute atomic E-state index is 0.0467. The highest BCUT2D eigenvalue weighted by atomic mass is 16.6. The third kappa shape index (κ3) is 4.53. The highest BCUT2D eigenvalue weighted by Crippen LogP contribution is 2.08. The number of aliphatic hydroxyl groups excluding tert-OH is 1. The predicted molar refractivity (Wildman–Crippen MR) is 88.3 cm³/mol. The number of imidazole rings is 1. The molecule has 0 fully saturated rings. The number of nitrogen functional groups attached to an aromatic ring is 1. The lowest BCUT2D eigenvalue weighted by Crippen LogP contribution is -2.39. The number of nitrogens with zero attached hydrogens (tertiary/aromatic N) is 3. The molecule has 2 rings (SSSR count). The fourth-order valence-electron chi connectivity index (χ4n) is 1.95. The number of aliphatic hydroxyl groups is 1. The van der Waals surface area contributed by atoms with Gasteiger partial charge in [-0.1, -0.05) is 13.8 Å². The van der Waals surface area contributed by atoms with Gasteiger partial charge in [-0.25, -0.2) is 4.98 Å². The van der Waals surface area contributed by atoms with Gasteiger partial charge in [0.05, 0.1) is 12.9 Å². The zero-order valence-electron chi connectivity index (χ0n) is 14.0. The van der Waals surface area contributed by atoms with E-state index in [-0.39, 0.29) is 43.0 Å². The third-order valence-corrected chi connectivity index (χ3v) is 3.55. The Morgan fingerprint density at radius 2 is 2.20 bits per heavy atom. The van der Waals surface area contributed by atoms with Gasteiger partial charge in [-0.3, -0.25) is 19.1 Å². The summed E-state index contributed by atoms with van der Waals surface area (Å²) in [5.74, 6) is -0.673. The minimum Gasteiger partial charge on any atom is -0.462 e. The van der Waals surface area contributed by atoms with Gasteiger partial charge in [0.15, 0.2) is 11.2 Å². The van der Waals surface area contributed by atoms with Gasteiger partial charge < -0.3 is 26.0 Å². The van der Waals surface area contributed by atoms with E-state index in [0.717, 1.165) is 0 Å². The molecule has 138 valence electrons. The van der Waals surface area contributed by atoms with Gasteiger partial charge in [0, 0.05) is 0 Å². The summed E-state index contributed by atoms with van der Waals surface area (Å²) >= 11 is 0. The first-order valence-electron chi connectivity index (χ1n) is 7.68. The molecule has 0 saturated heterocycles. The number of carbonyl (C=O) groups is 1. The maximum atomic E-state index is 11.7. The SMILES string of the molecule is CC(C)[C@@H](N)C(=O)OCC(CO)OCn1cnc2c(=O)[nH]c(N)nc21. The van der Waals surface area contributed by atoms with Crippen LogP contribution in [-0.4, -0.2) is 56.0 Å². The van der Waals surface area contributed by atoms with Crippen LogP contribution in [0, 0.1) is 5.92 Å². The van der Waals surface area contributed by atoms with Gasteiger partial charge >= 0.3 is 5.97 Å². The molecule has 0 saturated carbocycles. The summed E-state index contributed by atoms with van der Waals surface area (Å²) in [5.41, 5.74) is 11.1. The minimum atomic E-state index is -0.764. The molecule has 6 N–H and O–H groups in total. The summed E-state index contributed by atoms with van der Waals surface area (Å²) < 4.78 is 12.0. The smallest absolute Gasteiger partial charge is 0.323 e. The number of nitrogens with two attached hydrogens (primary N) is 2. The van der Waals surface area contributed by atoms with Gasteiger partial charge in [-0.2, -0.15) is 4.98 Å². The monoisotopic (exact) mass is 354 g/mol. The lowest BCUT2D eigenvalue weighted by Gasteiger charge is -2.19. The fraction of sp³-hybridized carbons (Fsp3) is 0.571. The second-order valence-corrected chi connectivity index (χ2v) is 5.84. The molecule has 11 nitrogen and oxygen atoms in total. The van der Waals surface area contributed by atoms with Crippen LogP contribution in [-0.2, 0) is 21.0 Å². The number of ether oxygens (including phenoxy) is 2. The van der Waals surface area contributed by atoms with Crippen molar-refractivity contribution in [2.45, 2.75) is 32.7 Å². The topological polar surface area (TPSA) is 171 Å². The molecule has 2 aromatic heterocycles. The number of esters is 1. The summed E-state index contributed by atoms with van der Waals surface area (Å²) in [7, 11) is 0. The molecule has 2 heterocycles. The molecular weight excluding hydrogens is 332 g/mol. The van der Waals surface area contributed by atoms with Crippen LogP contribution in [0.4, 0.5) is 5.95 Å². The summed E-state index contributed by atoms with van der Waals surface area (Å²) in [6.07, 6.45) is 0.599. The van der Waals surface area contributed by atoms with E-state index in [9.17, 15) is 14.7 Å². The van der Waals surface area contributed by atoms with E-state index in [1.165, 1.54) is 10.9 Å². The molecule has 0 bridgehead atoms. The number of anilines is 1. The van der Waals surface area contributed by atoms with Gasteiger partial charge in [-0.05, 0) is 5.92 Å². The van der Waals surface area contributed by atoms with E-state index < -0.39 is 23.7 Å². The number of fused-ring (bicyclic) bond motifs is 1. The van der Waals surface area contributed by atoms with Crippen molar-refractivity contribution in [3.63, 3.8) is 0 Å². The number of nitrogens with one attached hydrogen (secondary N) is 1.